The van der Waals surface area contributed by atoms with E-state index in [2.05, 4.69) is 4.74 Å². The summed E-state index contributed by atoms with van der Waals surface area (Å²) in [7, 11) is 1.43. The lowest BCUT2D eigenvalue weighted by Gasteiger charge is -2.07. The zero-order chi connectivity index (χ0) is 9.84. The van der Waals surface area contributed by atoms with Gasteiger partial charge in [0.1, 0.15) is 11.5 Å². The third-order valence-corrected chi connectivity index (χ3v) is 1.67. The Labute approximate surface area is 79.0 Å². The Hall–Kier alpha value is -1.03. The largest absolute Gasteiger partial charge is 0.497 e. The van der Waals surface area contributed by atoms with Crippen LogP contribution < -0.4 is 9.47 Å². The fraction of sp³-hybridized carbons (Fsp3) is 0.250. The summed E-state index contributed by atoms with van der Waals surface area (Å²) in [5.74, 6) is 0.330. The molecule has 0 fully saturated rings. The Balaban J connectivity index is 2.90. The van der Waals surface area contributed by atoms with Crippen LogP contribution in [0.4, 0.5) is 8.78 Å². The van der Waals surface area contributed by atoms with E-state index >= 15 is 0 Å². The average molecular weight is 209 g/mol. The Morgan fingerprint density at radius 1 is 1.38 bits per heavy atom. The normalized spacial score (nSPS) is 10.2. The lowest BCUT2D eigenvalue weighted by atomic mass is 10.3. The third kappa shape index (κ3) is 2.73. The second-order valence-electron chi connectivity index (χ2n) is 2.17. The smallest absolute Gasteiger partial charge is 0.387 e. The molecule has 0 aromatic heterocycles. The second kappa shape index (κ2) is 4.28. The first-order valence-electron chi connectivity index (χ1n) is 3.42. The molecule has 72 valence electrons. The number of alkyl halides is 2. The van der Waals surface area contributed by atoms with E-state index in [0.717, 1.165) is 0 Å². The summed E-state index contributed by atoms with van der Waals surface area (Å²) in [6.45, 7) is -2.88. The minimum absolute atomic E-state index is 0.0870. The van der Waals surface area contributed by atoms with E-state index in [-0.39, 0.29) is 10.8 Å². The summed E-state index contributed by atoms with van der Waals surface area (Å²) >= 11 is 5.58. The molecule has 0 bridgehead atoms. The van der Waals surface area contributed by atoms with Gasteiger partial charge in [0.2, 0.25) is 0 Å². The molecule has 1 aromatic rings. The van der Waals surface area contributed by atoms with Gasteiger partial charge in [-0.15, -0.1) is 0 Å². The first-order valence-corrected chi connectivity index (χ1v) is 3.79. The molecule has 0 unspecified atom stereocenters. The number of hydrogen-bond acceptors (Lipinski definition) is 2. The molecule has 1 rings (SSSR count). The second-order valence-corrected chi connectivity index (χ2v) is 2.58. The van der Waals surface area contributed by atoms with E-state index in [1.54, 1.807) is 6.07 Å². The molecule has 2 nitrogen and oxygen atoms in total. The fourth-order valence-electron chi connectivity index (χ4n) is 0.797. The summed E-state index contributed by atoms with van der Waals surface area (Å²) < 4.78 is 32.6. The van der Waals surface area contributed by atoms with Gasteiger partial charge in [-0.2, -0.15) is 8.78 Å². The van der Waals surface area contributed by atoms with E-state index < -0.39 is 6.61 Å². The molecule has 0 amide bonds. The van der Waals surface area contributed by atoms with Gasteiger partial charge in [0.25, 0.3) is 0 Å². The molecule has 0 aliphatic heterocycles. The molecule has 0 spiro atoms. The summed E-state index contributed by atoms with van der Waals surface area (Å²) in [5, 5.41) is 0.126. The van der Waals surface area contributed by atoms with Gasteiger partial charge in [0, 0.05) is 6.07 Å². The zero-order valence-corrected chi connectivity index (χ0v) is 7.52. The SMILES string of the molecule is COc1ccc(Cl)c(OC(F)F)c1. The van der Waals surface area contributed by atoms with Crippen LogP contribution in [0.3, 0.4) is 0 Å². The lowest BCUT2D eigenvalue weighted by molar-refractivity contribution is -0.0498. The van der Waals surface area contributed by atoms with Crippen molar-refractivity contribution in [1.29, 1.82) is 0 Å². The number of hydrogen-bond donors (Lipinski definition) is 0. The molecule has 0 radical (unpaired) electrons. The lowest BCUT2D eigenvalue weighted by Crippen LogP contribution is -2.02. The van der Waals surface area contributed by atoms with Gasteiger partial charge in [-0.05, 0) is 12.1 Å². The maximum atomic E-state index is 11.8. The topological polar surface area (TPSA) is 18.5 Å². The molecule has 13 heavy (non-hydrogen) atoms. The van der Waals surface area contributed by atoms with Crippen LogP contribution in [0.2, 0.25) is 5.02 Å². The monoisotopic (exact) mass is 208 g/mol. The van der Waals surface area contributed by atoms with E-state index in [1.807, 2.05) is 0 Å². The van der Waals surface area contributed by atoms with Crippen molar-refractivity contribution in [2.75, 3.05) is 7.11 Å². The van der Waals surface area contributed by atoms with Crippen molar-refractivity contribution < 1.29 is 18.3 Å². The van der Waals surface area contributed by atoms with Gasteiger partial charge < -0.3 is 9.47 Å². The summed E-state index contributed by atoms with van der Waals surface area (Å²) in [6.07, 6.45) is 0. The zero-order valence-electron chi connectivity index (χ0n) is 6.76. The highest BCUT2D eigenvalue weighted by Gasteiger charge is 2.09. The predicted octanol–water partition coefficient (Wildman–Crippen LogP) is 2.95. The molecular weight excluding hydrogens is 202 g/mol. The van der Waals surface area contributed by atoms with Gasteiger partial charge in [-0.25, -0.2) is 0 Å². The highest BCUT2D eigenvalue weighted by molar-refractivity contribution is 6.32. The van der Waals surface area contributed by atoms with Crippen LogP contribution in [0, 0.1) is 0 Å². The quantitative estimate of drug-likeness (QED) is 0.760. The molecule has 0 aliphatic rings. The van der Waals surface area contributed by atoms with Crippen LogP contribution in [-0.4, -0.2) is 13.7 Å². The van der Waals surface area contributed by atoms with Crippen molar-refractivity contribution in [1.82, 2.24) is 0 Å². The molecule has 0 heterocycles. The van der Waals surface area contributed by atoms with E-state index in [9.17, 15) is 8.78 Å². The average Bonchev–Trinajstić information content (AvgIpc) is 2.08. The van der Waals surface area contributed by atoms with Crippen molar-refractivity contribution in [3.63, 3.8) is 0 Å². The molecule has 1 aromatic carbocycles. The highest BCUT2D eigenvalue weighted by Crippen LogP contribution is 2.29. The van der Waals surface area contributed by atoms with Crippen molar-refractivity contribution in [2.24, 2.45) is 0 Å². The molecule has 0 N–H and O–H groups in total. The van der Waals surface area contributed by atoms with E-state index in [0.29, 0.717) is 5.75 Å². The van der Waals surface area contributed by atoms with Crippen LogP contribution in [0.25, 0.3) is 0 Å². The van der Waals surface area contributed by atoms with Crippen LogP contribution in [-0.2, 0) is 0 Å². The van der Waals surface area contributed by atoms with Crippen LogP contribution in [0.5, 0.6) is 11.5 Å². The minimum Gasteiger partial charge on any atom is -0.497 e. The van der Waals surface area contributed by atoms with E-state index in [4.69, 9.17) is 16.3 Å². The Kier molecular flexibility index (Phi) is 3.31. The van der Waals surface area contributed by atoms with Gasteiger partial charge >= 0.3 is 6.61 Å². The molecule has 0 aliphatic carbocycles. The number of halogens is 3. The Morgan fingerprint density at radius 3 is 2.62 bits per heavy atom. The molecule has 0 saturated carbocycles. The van der Waals surface area contributed by atoms with Crippen LogP contribution in [0.15, 0.2) is 18.2 Å². The van der Waals surface area contributed by atoms with Crippen molar-refractivity contribution >= 4 is 11.6 Å². The van der Waals surface area contributed by atoms with Gasteiger partial charge in [-0.3, -0.25) is 0 Å². The van der Waals surface area contributed by atoms with Crippen LogP contribution >= 0.6 is 11.6 Å². The Bertz CT molecular complexity index is 291. The molecular formula is C8H7ClF2O2. The molecule has 5 heteroatoms. The molecule has 0 atom stereocenters. The van der Waals surface area contributed by atoms with Gasteiger partial charge in [0.05, 0.1) is 12.1 Å². The maximum Gasteiger partial charge on any atom is 0.387 e. The number of ether oxygens (including phenoxy) is 2. The maximum absolute atomic E-state index is 11.8. The first kappa shape index (κ1) is 10.1. The van der Waals surface area contributed by atoms with Gasteiger partial charge in [0.15, 0.2) is 0 Å². The number of benzene rings is 1. The standard InChI is InChI=1S/C8H7ClF2O2/c1-12-5-2-3-6(9)7(4-5)13-8(10)11/h2-4,8H,1H3. The summed E-state index contributed by atoms with van der Waals surface area (Å²) in [6, 6.07) is 4.28. The first-order chi connectivity index (χ1) is 6.13. The third-order valence-electron chi connectivity index (χ3n) is 1.35. The van der Waals surface area contributed by atoms with Crippen molar-refractivity contribution in [3.05, 3.63) is 23.2 Å². The van der Waals surface area contributed by atoms with Crippen LogP contribution in [0.1, 0.15) is 0 Å². The summed E-state index contributed by atoms with van der Waals surface area (Å²) in [4.78, 5) is 0. The van der Waals surface area contributed by atoms with Gasteiger partial charge in [-0.1, -0.05) is 11.6 Å². The summed E-state index contributed by atoms with van der Waals surface area (Å²) in [5.41, 5.74) is 0. The minimum atomic E-state index is -2.88. The Morgan fingerprint density at radius 2 is 2.08 bits per heavy atom. The highest BCUT2D eigenvalue weighted by atomic mass is 35.5. The predicted molar refractivity (Wildman–Crippen MR) is 44.6 cm³/mol. The fourth-order valence-corrected chi connectivity index (χ4v) is 0.959. The number of rotatable bonds is 3. The van der Waals surface area contributed by atoms with E-state index in [1.165, 1.54) is 19.2 Å². The molecule has 0 saturated heterocycles. The number of methoxy groups -OCH3 is 1. The van der Waals surface area contributed by atoms with Crippen molar-refractivity contribution in [3.8, 4) is 11.5 Å². The van der Waals surface area contributed by atoms with Crippen molar-refractivity contribution in [2.45, 2.75) is 6.61 Å².